The Hall–Kier alpha value is -2.90. The van der Waals surface area contributed by atoms with E-state index in [1.165, 1.54) is 30.5 Å². The van der Waals surface area contributed by atoms with Crippen molar-refractivity contribution in [2.45, 2.75) is 19.2 Å². The maximum absolute atomic E-state index is 13.6. The number of hydrogen-bond acceptors (Lipinski definition) is 3. The van der Waals surface area contributed by atoms with Gasteiger partial charge >= 0.3 is 6.36 Å². The van der Waals surface area contributed by atoms with E-state index in [2.05, 4.69) is 9.72 Å². The van der Waals surface area contributed by atoms with E-state index in [-0.39, 0.29) is 24.4 Å². The number of pyridine rings is 1. The minimum absolute atomic E-state index is 0.0129. The lowest BCUT2D eigenvalue weighted by molar-refractivity contribution is -0.274. The Morgan fingerprint density at radius 2 is 1.84 bits per heavy atom. The molecule has 4 nitrogen and oxygen atoms in total. The van der Waals surface area contributed by atoms with E-state index >= 15 is 0 Å². The van der Waals surface area contributed by atoms with E-state index < -0.39 is 12.2 Å². The predicted molar refractivity (Wildman–Crippen MR) is 80.7 cm³/mol. The number of alkyl halides is 3. The monoisotopic (exact) mass is 352 g/mol. The van der Waals surface area contributed by atoms with E-state index in [1.54, 1.807) is 10.6 Å². The van der Waals surface area contributed by atoms with E-state index in [4.69, 9.17) is 0 Å². The summed E-state index contributed by atoms with van der Waals surface area (Å²) in [5, 5.41) is 0. The molecule has 0 aliphatic heterocycles. The SMILES string of the molecule is O=C(Cc1ccc(OC(F)(F)F)cc1)Cc1cc(F)cc2nccn12. The van der Waals surface area contributed by atoms with Gasteiger partial charge in [-0.2, -0.15) is 0 Å². The molecule has 0 bridgehead atoms. The van der Waals surface area contributed by atoms with Crippen molar-refractivity contribution in [2.75, 3.05) is 0 Å². The second-order valence-corrected chi connectivity index (χ2v) is 5.40. The standard InChI is InChI=1S/C17H12F4N2O2/c18-12-8-13(23-6-5-22-16(23)9-12)10-14(24)7-11-1-3-15(4-2-11)25-17(19,20)21/h1-6,8-9H,7,10H2. The highest BCUT2D eigenvalue weighted by atomic mass is 19.4. The molecule has 0 unspecified atom stereocenters. The Morgan fingerprint density at radius 3 is 2.52 bits per heavy atom. The van der Waals surface area contributed by atoms with Crippen molar-refractivity contribution in [2.24, 2.45) is 0 Å². The molecule has 3 aromatic rings. The summed E-state index contributed by atoms with van der Waals surface area (Å²) in [5.74, 6) is -1.05. The van der Waals surface area contributed by atoms with Crippen LogP contribution in [0.3, 0.4) is 0 Å². The summed E-state index contributed by atoms with van der Waals surface area (Å²) >= 11 is 0. The molecule has 1 aromatic carbocycles. The van der Waals surface area contributed by atoms with Gasteiger partial charge in [0.2, 0.25) is 0 Å². The smallest absolute Gasteiger partial charge is 0.406 e. The number of fused-ring (bicyclic) bond motifs is 1. The van der Waals surface area contributed by atoms with Crippen LogP contribution in [0.1, 0.15) is 11.3 Å². The Balaban J connectivity index is 1.69. The first-order valence-electron chi connectivity index (χ1n) is 7.28. The first kappa shape index (κ1) is 16.9. The van der Waals surface area contributed by atoms with Gasteiger partial charge < -0.3 is 9.14 Å². The van der Waals surface area contributed by atoms with Crippen molar-refractivity contribution in [1.29, 1.82) is 0 Å². The van der Waals surface area contributed by atoms with Crippen molar-refractivity contribution in [3.63, 3.8) is 0 Å². The quantitative estimate of drug-likeness (QED) is 0.657. The van der Waals surface area contributed by atoms with E-state index in [9.17, 15) is 22.4 Å². The highest BCUT2D eigenvalue weighted by Crippen LogP contribution is 2.23. The van der Waals surface area contributed by atoms with E-state index in [1.807, 2.05) is 0 Å². The van der Waals surface area contributed by atoms with Gasteiger partial charge in [0.15, 0.2) is 0 Å². The molecule has 0 atom stereocenters. The zero-order chi connectivity index (χ0) is 18.0. The molecule has 2 aromatic heterocycles. The van der Waals surface area contributed by atoms with Gasteiger partial charge in [-0.1, -0.05) is 12.1 Å². The van der Waals surface area contributed by atoms with Crippen LogP contribution in [0.15, 0.2) is 48.8 Å². The number of rotatable bonds is 5. The first-order chi connectivity index (χ1) is 11.8. The highest BCUT2D eigenvalue weighted by Gasteiger charge is 2.30. The Morgan fingerprint density at radius 1 is 1.12 bits per heavy atom. The summed E-state index contributed by atoms with van der Waals surface area (Å²) in [6.45, 7) is 0. The van der Waals surface area contributed by atoms with Crippen molar-refractivity contribution >= 4 is 11.4 Å². The third kappa shape index (κ3) is 4.34. The lowest BCUT2D eigenvalue weighted by Gasteiger charge is -2.09. The third-order valence-electron chi connectivity index (χ3n) is 3.49. The van der Waals surface area contributed by atoms with Crippen LogP contribution in [0.25, 0.3) is 5.65 Å². The van der Waals surface area contributed by atoms with Gasteiger partial charge in [0.25, 0.3) is 0 Å². The number of nitrogens with zero attached hydrogens (tertiary/aromatic N) is 2. The molecule has 0 amide bonds. The number of Topliss-reactive ketones (excluding diaryl/α,β-unsaturated/α-hetero) is 1. The summed E-state index contributed by atoms with van der Waals surface area (Å²) in [6, 6.07) is 7.58. The second-order valence-electron chi connectivity index (χ2n) is 5.40. The number of imidazole rings is 1. The molecule has 2 heterocycles. The zero-order valence-electron chi connectivity index (χ0n) is 12.8. The predicted octanol–water partition coefficient (Wildman–Crippen LogP) is 3.73. The number of benzene rings is 1. The second kappa shape index (κ2) is 6.54. The number of ketones is 1. The number of halogens is 4. The minimum Gasteiger partial charge on any atom is -0.406 e. The number of aromatic nitrogens is 2. The van der Waals surface area contributed by atoms with Crippen molar-refractivity contribution in [1.82, 2.24) is 9.38 Å². The lowest BCUT2D eigenvalue weighted by atomic mass is 10.1. The molecule has 0 radical (unpaired) electrons. The maximum atomic E-state index is 13.6. The van der Waals surface area contributed by atoms with Gasteiger partial charge in [0.1, 0.15) is 23.0 Å². The Labute approximate surface area is 139 Å². The minimum atomic E-state index is -4.76. The summed E-state index contributed by atoms with van der Waals surface area (Å²) in [6.07, 6.45) is -1.64. The first-order valence-corrected chi connectivity index (χ1v) is 7.28. The molecule has 0 saturated carbocycles. The summed E-state index contributed by atoms with van der Waals surface area (Å²) in [4.78, 5) is 16.2. The van der Waals surface area contributed by atoms with Crippen molar-refractivity contribution in [3.8, 4) is 5.75 Å². The Kier molecular flexibility index (Phi) is 4.43. The van der Waals surface area contributed by atoms with Crippen molar-refractivity contribution < 1.29 is 27.1 Å². The van der Waals surface area contributed by atoms with Crippen molar-refractivity contribution in [3.05, 3.63) is 65.9 Å². The van der Waals surface area contributed by atoms with Gasteiger partial charge in [0, 0.05) is 37.0 Å². The average molecular weight is 352 g/mol. The fourth-order valence-electron chi connectivity index (χ4n) is 2.50. The molecule has 0 aliphatic rings. The maximum Gasteiger partial charge on any atom is 0.573 e. The van der Waals surface area contributed by atoms with Gasteiger partial charge in [-0.25, -0.2) is 9.37 Å². The van der Waals surface area contributed by atoms with Crippen LogP contribution in [0.4, 0.5) is 17.6 Å². The van der Waals surface area contributed by atoms with Gasteiger partial charge in [0.05, 0.1) is 0 Å². The lowest BCUT2D eigenvalue weighted by Crippen LogP contribution is -2.17. The number of hydrogen-bond donors (Lipinski definition) is 0. The molecular weight excluding hydrogens is 340 g/mol. The van der Waals surface area contributed by atoms with Crippen LogP contribution in [0, 0.1) is 5.82 Å². The number of carbonyl (C=O) groups excluding carboxylic acids is 1. The van der Waals surface area contributed by atoms with Crippen LogP contribution in [-0.4, -0.2) is 21.5 Å². The normalized spacial score (nSPS) is 11.7. The van der Waals surface area contributed by atoms with E-state index in [0.717, 1.165) is 12.1 Å². The van der Waals surface area contributed by atoms with Gasteiger partial charge in [-0.3, -0.25) is 4.79 Å². The molecule has 0 fully saturated rings. The van der Waals surface area contributed by atoms with E-state index in [0.29, 0.717) is 16.9 Å². The topological polar surface area (TPSA) is 43.6 Å². The molecule has 25 heavy (non-hydrogen) atoms. The summed E-state index contributed by atoms with van der Waals surface area (Å²) in [5.41, 5.74) is 1.39. The van der Waals surface area contributed by atoms with Crippen LogP contribution in [0.2, 0.25) is 0 Å². The van der Waals surface area contributed by atoms with Crippen LogP contribution in [-0.2, 0) is 17.6 Å². The third-order valence-corrected chi connectivity index (χ3v) is 3.49. The van der Waals surface area contributed by atoms with Crippen LogP contribution >= 0.6 is 0 Å². The van der Waals surface area contributed by atoms with Gasteiger partial charge in [-0.15, -0.1) is 13.2 Å². The average Bonchev–Trinajstić information content (AvgIpc) is 2.96. The molecule has 3 rings (SSSR count). The highest BCUT2D eigenvalue weighted by molar-refractivity contribution is 5.83. The summed E-state index contributed by atoms with van der Waals surface area (Å²) in [7, 11) is 0. The molecule has 130 valence electrons. The molecular formula is C17H12F4N2O2. The Bertz CT molecular complexity index is 901. The largest absolute Gasteiger partial charge is 0.573 e. The summed E-state index contributed by atoms with van der Waals surface area (Å²) < 4.78 is 55.3. The van der Waals surface area contributed by atoms with Gasteiger partial charge in [-0.05, 0) is 23.8 Å². The number of ether oxygens (including phenoxy) is 1. The number of carbonyl (C=O) groups is 1. The molecule has 0 saturated heterocycles. The molecule has 0 aliphatic carbocycles. The molecule has 0 spiro atoms. The zero-order valence-corrected chi connectivity index (χ0v) is 12.8. The molecule has 8 heteroatoms. The fraction of sp³-hybridized carbons (Fsp3) is 0.176. The van der Waals surface area contributed by atoms with Crippen LogP contribution in [0.5, 0.6) is 5.75 Å². The van der Waals surface area contributed by atoms with Crippen LogP contribution < -0.4 is 4.74 Å². The molecule has 0 N–H and O–H groups in total. The fourth-order valence-corrected chi connectivity index (χ4v) is 2.50.